The minimum absolute atomic E-state index is 0.0501. The molecule has 0 saturated heterocycles. The fourth-order valence-electron chi connectivity index (χ4n) is 4.84. The molecule has 0 aliphatic heterocycles. The van der Waals surface area contributed by atoms with Crippen LogP contribution in [0.2, 0.25) is 0 Å². The Kier molecular flexibility index (Phi) is 8.24. The van der Waals surface area contributed by atoms with Gasteiger partial charge < -0.3 is 20.2 Å². The van der Waals surface area contributed by atoms with Crippen molar-refractivity contribution in [2.24, 2.45) is 5.73 Å². The molecule has 5 aromatic rings. The number of rotatable bonds is 8. The minimum Gasteiger partial charge on any atom is -0.473 e. The van der Waals surface area contributed by atoms with Gasteiger partial charge in [0.15, 0.2) is 11.9 Å². The molecule has 3 aromatic carbocycles. The monoisotopic (exact) mass is 594 g/mol. The van der Waals surface area contributed by atoms with Crippen LogP contribution in [0.3, 0.4) is 0 Å². The lowest BCUT2D eigenvalue weighted by molar-refractivity contribution is -0.122. The molecule has 43 heavy (non-hydrogen) atoms. The normalized spacial score (nSPS) is 12.2. The van der Waals surface area contributed by atoms with Crippen molar-refractivity contribution in [1.82, 2.24) is 0 Å². The summed E-state index contributed by atoms with van der Waals surface area (Å²) < 4.78 is 12.4. The van der Waals surface area contributed by atoms with E-state index in [1.165, 1.54) is 11.3 Å². The summed E-state index contributed by atoms with van der Waals surface area (Å²) in [5, 5.41) is 5.28. The standard InChI is InChI=1S/C35H34N2O5S/c1-6-26(33(40)37-34-28(32(36)39)25(19-43-34)21-13-11-20(2)12-14-21)41-31-29(38)24-9-7-8-10-27(24)42-30(31)22-15-17-23(18-16-22)35(3,4)5/h7-19,26H,6H2,1-5H3,(H2,36,39)(H,37,40). The highest BCUT2D eigenvalue weighted by molar-refractivity contribution is 7.15. The molecule has 1 unspecified atom stereocenters. The number of hydrogen-bond donors (Lipinski definition) is 2. The van der Waals surface area contributed by atoms with Crippen LogP contribution in [0.15, 0.2) is 87.4 Å². The Morgan fingerprint density at radius 1 is 0.977 bits per heavy atom. The second kappa shape index (κ2) is 11.9. The van der Waals surface area contributed by atoms with Gasteiger partial charge in [0, 0.05) is 16.5 Å². The van der Waals surface area contributed by atoms with E-state index in [0.29, 0.717) is 27.1 Å². The van der Waals surface area contributed by atoms with E-state index in [2.05, 4.69) is 26.1 Å². The molecule has 0 radical (unpaired) electrons. The summed E-state index contributed by atoms with van der Waals surface area (Å²) in [5.41, 5.74) is 10.3. The number of ether oxygens (including phenoxy) is 1. The number of nitrogens with one attached hydrogen (secondary N) is 1. The number of aryl methyl sites for hydroxylation is 1. The van der Waals surface area contributed by atoms with Crippen molar-refractivity contribution in [3.8, 4) is 28.2 Å². The molecule has 3 N–H and O–H groups in total. The minimum atomic E-state index is -1.05. The molecular weight excluding hydrogens is 560 g/mol. The van der Waals surface area contributed by atoms with E-state index in [0.717, 1.165) is 16.7 Å². The molecule has 0 fully saturated rings. The van der Waals surface area contributed by atoms with Gasteiger partial charge >= 0.3 is 0 Å². The summed E-state index contributed by atoms with van der Waals surface area (Å²) in [4.78, 5) is 39.8. The molecule has 2 heterocycles. The maximum atomic E-state index is 13.7. The first kappa shape index (κ1) is 29.8. The van der Waals surface area contributed by atoms with Gasteiger partial charge in [-0.1, -0.05) is 93.9 Å². The molecule has 2 aromatic heterocycles. The number of primary amides is 1. The predicted octanol–water partition coefficient (Wildman–Crippen LogP) is 7.69. The average Bonchev–Trinajstić information content (AvgIpc) is 3.40. The van der Waals surface area contributed by atoms with Crippen LogP contribution in [-0.2, 0) is 10.2 Å². The molecule has 8 heteroatoms. The summed E-state index contributed by atoms with van der Waals surface area (Å²) in [7, 11) is 0. The van der Waals surface area contributed by atoms with Crippen LogP contribution in [-0.4, -0.2) is 17.9 Å². The summed E-state index contributed by atoms with van der Waals surface area (Å²) >= 11 is 1.21. The molecule has 1 atom stereocenters. The van der Waals surface area contributed by atoms with E-state index in [-0.39, 0.29) is 34.3 Å². The Bertz CT molecular complexity index is 1860. The number of para-hydroxylation sites is 1. The van der Waals surface area contributed by atoms with Gasteiger partial charge in [0.2, 0.25) is 11.2 Å². The number of hydrogen-bond acceptors (Lipinski definition) is 6. The lowest BCUT2D eigenvalue weighted by Gasteiger charge is -2.20. The van der Waals surface area contributed by atoms with E-state index in [4.69, 9.17) is 14.9 Å². The van der Waals surface area contributed by atoms with Crippen LogP contribution in [0, 0.1) is 6.92 Å². The first-order valence-electron chi connectivity index (χ1n) is 14.1. The molecule has 0 aliphatic rings. The van der Waals surface area contributed by atoms with Crippen LogP contribution in [0.5, 0.6) is 5.75 Å². The number of anilines is 1. The second-order valence-corrected chi connectivity index (χ2v) is 12.4. The maximum Gasteiger partial charge on any atom is 0.266 e. The largest absolute Gasteiger partial charge is 0.473 e. The van der Waals surface area contributed by atoms with Crippen LogP contribution in [0.1, 0.15) is 55.6 Å². The first-order valence-corrected chi connectivity index (χ1v) is 15.0. The zero-order valence-corrected chi connectivity index (χ0v) is 25.6. The number of amides is 2. The van der Waals surface area contributed by atoms with E-state index in [9.17, 15) is 14.4 Å². The van der Waals surface area contributed by atoms with Crippen molar-refractivity contribution in [3.63, 3.8) is 0 Å². The van der Waals surface area contributed by atoms with Gasteiger partial charge in [0.05, 0.1) is 10.9 Å². The number of carbonyl (C=O) groups is 2. The molecule has 0 spiro atoms. The van der Waals surface area contributed by atoms with Crippen LogP contribution >= 0.6 is 11.3 Å². The van der Waals surface area contributed by atoms with Gasteiger partial charge in [-0.05, 0) is 42.0 Å². The molecule has 220 valence electrons. The van der Waals surface area contributed by atoms with Gasteiger partial charge in [-0.25, -0.2) is 0 Å². The van der Waals surface area contributed by atoms with Gasteiger partial charge in [-0.3, -0.25) is 14.4 Å². The summed E-state index contributed by atoms with van der Waals surface area (Å²) in [5.74, 6) is -0.974. The number of nitrogens with two attached hydrogens (primary N) is 1. The van der Waals surface area contributed by atoms with Gasteiger partial charge in [-0.15, -0.1) is 11.3 Å². The Balaban J connectivity index is 1.51. The molecule has 7 nitrogen and oxygen atoms in total. The Labute approximate surface area is 254 Å². The highest BCUT2D eigenvalue weighted by Gasteiger charge is 2.27. The van der Waals surface area contributed by atoms with Gasteiger partial charge in [0.25, 0.3) is 11.8 Å². The van der Waals surface area contributed by atoms with Crippen molar-refractivity contribution in [2.75, 3.05) is 5.32 Å². The van der Waals surface area contributed by atoms with Crippen molar-refractivity contribution in [3.05, 3.63) is 105 Å². The van der Waals surface area contributed by atoms with Crippen molar-refractivity contribution in [2.45, 2.75) is 52.6 Å². The molecule has 2 amide bonds. The fraction of sp³-hybridized carbons (Fsp3) is 0.229. The molecule has 5 rings (SSSR count). The zero-order chi connectivity index (χ0) is 30.9. The lowest BCUT2D eigenvalue weighted by Crippen LogP contribution is -2.34. The Morgan fingerprint density at radius 2 is 1.63 bits per heavy atom. The number of thiophene rings is 1. The second-order valence-electron chi connectivity index (χ2n) is 11.5. The third kappa shape index (κ3) is 6.10. The Morgan fingerprint density at radius 3 is 2.26 bits per heavy atom. The highest BCUT2D eigenvalue weighted by Crippen LogP contribution is 2.37. The fourth-order valence-corrected chi connectivity index (χ4v) is 5.82. The van der Waals surface area contributed by atoms with E-state index in [1.807, 2.05) is 55.5 Å². The number of benzene rings is 3. The Hall–Kier alpha value is -4.69. The summed E-state index contributed by atoms with van der Waals surface area (Å²) in [6, 6.07) is 22.4. The van der Waals surface area contributed by atoms with Gasteiger partial charge in [0.1, 0.15) is 10.6 Å². The zero-order valence-electron chi connectivity index (χ0n) is 24.8. The first-order chi connectivity index (χ1) is 20.5. The number of carbonyl (C=O) groups excluding carboxylic acids is 2. The molecule has 0 bridgehead atoms. The number of fused-ring (bicyclic) bond motifs is 1. The van der Waals surface area contributed by atoms with Gasteiger partial charge in [-0.2, -0.15) is 0 Å². The topological polar surface area (TPSA) is 112 Å². The molecular formula is C35H34N2O5S. The van der Waals surface area contributed by atoms with E-state index < -0.39 is 17.9 Å². The molecule has 0 aliphatic carbocycles. The van der Waals surface area contributed by atoms with E-state index >= 15 is 0 Å². The third-order valence-electron chi connectivity index (χ3n) is 7.33. The highest BCUT2D eigenvalue weighted by atomic mass is 32.1. The average molecular weight is 595 g/mol. The SMILES string of the molecule is CCC(Oc1c(-c2ccc(C(C)(C)C)cc2)oc2ccccc2c1=O)C(=O)Nc1scc(-c2ccc(C)cc2)c1C(N)=O. The summed E-state index contributed by atoms with van der Waals surface area (Å²) in [6.07, 6.45) is -0.801. The van der Waals surface area contributed by atoms with E-state index in [1.54, 1.807) is 36.6 Å². The van der Waals surface area contributed by atoms with Crippen LogP contribution < -0.4 is 21.2 Å². The quantitative estimate of drug-likeness (QED) is 0.191. The van der Waals surface area contributed by atoms with Crippen molar-refractivity contribution >= 4 is 39.1 Å². The smallest absolute Gasteiger partial charge is 0.266 e. The van der Waals surface area contributed by atoms with Crippen molar-refractivity contribution < 1.29 is 18.7 Å². The predicted molar refractivity (Wildman–Crippen MR) is 173 cm³/mol. The summed E-state index contributed by atoms with van der Waals surface area (Å²) in [6.45, 7) is 10.1. The third-order valence-corrected chi connectivity index (χ3v) is 8.22. The van der Waals surface area contributed by atoms with Crippen molar-refractivity contribution in [1.29, 1.82) is 0 Å². The molecule has 0 saturated carbocycles. The van der Waals surface area contributed by atoms with Crippen LogP contribution in [0.25, 0.3) is 33.4 Å². The lowest BCUT2D eigenvalue weighted by atomic mass is 9.86. The van der Waals surface area contributed by atoms with Crippen LogP contribution in [0.4, 0.5) is 5.00 Å². The maximum absolute atomic E-state index is 13.7.